The van der Waals surface area contributed by atoms with Crippen LogP contribution in [0.3, 0.4) is 0 Å². The highest BCUT2D eigenvalue weighted by Gasteiger charge is 2.43. The van der Waals surface area contributed by atoms with Gasteiger partial charge < -0.3 is 0 Å². The molecule has 1 fully saturated rings. The molecule has 0 aliphatic heterocycles. The highest BCUT2D eigenvalue weighted by molar-refractivity contribution is 5.24. The highest BCUT2D eigenvalue weighted by atomic mass is 17.1. The molecule has 1 aromatic carbocycles. The summed E-state index contributed by atoms with van der Waals surface area (Å²) in [7, 11) is 0. The van der Waals surface area contributed by atoms with E-state index in [1.807, 2.05) is 30.3 Å². The maximum absolute atomic E-state index is 9.14. The van der Waals surface area contributed by atoms with Crippen molar-refractivity contribution in [3.63, 3.8) is 0 Å². The summed E-state index contributed by atoms with van der Waals surface area (Å²) in [6.45, 7) is 2.14. The monoisotopic (exact) mass is 192 g/mol. The van der Waals surface area contributed by atoms with Gasteiger partial charge in [-0.1, -0.05) is 37.3 Å². The molecular weight excluding hydrogens is 176 g/mol. The highest BCUT2D eigenvalue weighted by Crippen LogP contribution is 2.45. The zero-order valence-electron chi connectivity index (χ0n) is 8.44. The van der Waals surface area contributed by atoms with E-state index in [4.69, 9.17) is 10.1 Å². The molecule has 1 aliphatic carbocycles. The minimum absolute atomic E-state index is 0.384. The molecule has 1 saturated carbocycles. The molecule has 2 nitrogen and oxygen atoms in total. The Morgan fingerprint density at radius 3 is 2.57 bits per heavy atom. The molecule has 76 valence electrons. The molecule has 0 bridgehead atoms. The van der Waals surface area contributed by atoms with Crippen LogP contribution in [-0.4, -0.2) is 5.26 Å². The Balaban J connectivity index is 2.38. The van der Waals surface area contributed by atoms with Gasteiger partial charge in [-0.25, -0.2) is 4.89 Å². The van der Waals surface area contributed by atoms with Gasteiger partial charge in [0, 0.05) is 0 Å². The van der Waals surface area contributed by atoms with E-state index in [0.717, 1.165) is 24.8 Å². The van der Waals surface area contributed by atoms with Crippen LogP contribution in [0.25, 0.3) is 0 Å². The molecule has 0 spiro atoms. The van der Waals surface area contributed by atoms with E-state index in [-0.39, 0.29) is 0 Å². The van der Waals surface area contributed by atoms with E-state index in [1.54, 1.807) is 0 Å². The van der Waals surface area contributed by atoms with E-state index >= 15 is 0 Å². The molecule has 2 heteroatoms. The number of rotatable bonds is 2. The lowest BCUT2D eigenvalue weighted by Gasteiger charge is -2.30. The lowest BCUT2D eigenvalue weighted by Crippen LogP contribution is -2.31. The van der Waals surface area contributed by atoms with Crippen LogP contribution in [0.2, 0.25) is 0 Å². The van der Waals surface area contributed by atoms with Crippen molar-refractivity contribution in [2.75, 3.05) is 0 Å². The molecule has 0 radical (unpaired) electrons. The average Bonchev–Trinajstić information content (AvgIpc) is 2.62. The fourth-order valence-electron chi connectivity index (χ4n) is 2.49. The largest absolute Gasteiger partial charge is 0.251 e. The summed E-state index contributed by atoms with van der Waals surface area (Å²) in [6, 6.07) is 10.0. The van der Waals surface area contributed by atoms with Gasteiger partial charge in [0.25, 0.3) is 0 Å². The van der Waals surface area contributed by atoms with Crippen molar-refractivity contribution in [2.24, 2.45) is 5.92 Å². The van der Waals surface area contributed by atoms with Crippen LogP contribution in [0.5, 0.6) is 0 Å². The van der Waals surface area contributed by atoms with Crippen LogP contribution in [0.4, 0.5) is 0 Å². The van der Waals surface area contributed by atoms with Gasteiger partial charge in [0.15, 0.2) is 0 Å². The Morgan fingerprint density at radius 1 is 1.36 bits per heavy atom. The number of hydrogen-bond donors (Lipinski definition) is 1. The zero-order chi connectivity index (χ0) is 10.0. The minimum Gasteiger partial charge on any atom is -0.251 e. The van der Waals surface area contributed by atoms with E-state index in [9.17, 15) is 0 Å². The molecule has 1 aromatic rings. The summed E-state index contributed by atoms with van der Waals surface area (Å²) in [5.41, 5.74) is 0.633. The molecule has 0 heterocycles. The molecule has 0 saturated heterocycles. The molecule has 2 atom stereocenters. The summed E-state index contributed by atoms with van der Waals surface area (Å²) < 4.78 is 0. The van der Waals surface area contributed by atoms with Gasteiger partial charge >= 0.3 is 0 Å². The zero-order valence-corrected chi connectivity index (χ0v) is 8.44. The quantitative estimate of drug-likeness (QED) is 0.576. The van der Waals surface area contributed by atoms with Gasteiger partial charge in [0.05, 0.1) is 0 Å². The molecule has 0 amide bonds. The van der Waals surface area contributed by atoms with Crippen LogP contribution in [0.1, 0.15) is 31.7 Å². The summed E-state index contributed by atoms with van der Waals surface area (Å²) >= 11 is 0. The first-order valence-corrected chi connectivity index (χ1v) is 5.18. The third kappa shape index (κ3) is 1.35. The van der Waals surface area contributed by atoms with Gasteiger partial charge in [-0.3, -0.25) is 5.26 Å². The molecule has 14 heavy (non-hydrogen) atoms. The number of hydrogen-bond acceptors (Lipinski definition) is 2. The van der Waals surface area contributed by atoms with E-state index in [2.05, 4.69) is 6.92 Å². The third-order valence-corrected chi connectivity index (χ3v) is 3.41. The Labute approximate surface area is 84.5 Å². The average molecular weight is 192 g/mol. The topological polar surface area (TPSA) is 29.5 Å². The van der Waals surface area contributed by atoms with E-state index in [1.165, 1.54) is 0 Å². The second-order valence-corrected chi connectivity index (χ2v) is 4.14. The van der Waals surface area contributed by atoms with Crippen molar-refractivity contribution >= 4 is 0 Å². The smallest absolute Gasteiger partial charge is 0.131 e. The first-order valence-electron chi connectivity index (χ1n) is 5.18. The van der Waals surface area contributed by atoms with E-state index < -0.39 is 5.60 Å². The Morgan fingerprint density at radius 2 is 2.07 bits per heavy atom. The predicted molar refractivity (Wildman–Crippen MR) is 54.8 cm³/mol. The summed E-state index contributed by atoms with van der Waals surface area (Å²) in [5, 5.41) is 9.14. The van der Waals surface area contributed by atoms with E-state index in [0.29, 0.717) is 5.92 Å². The van der Waals surface area contributed by atoms with Crippen molar-refractivity contribution < 1.29 is 10.1 Å². The second-order valence-electron chi connectivity index (χ2n) is 4.14. The fraction of sp³-hybridized carbons (Fsp3) is 0.500. The molecule has 1 N–H and O–H groups in total. The first kappa shape index (κ1) is 9.69. The SMILES string of the molecule is CC1CCCC1(OO)c1ccccc1. The standard InChI is InChI=1S/C12H16O2/c1-10-6-5-9-12(10,14-13)11-7-3-2-4-8-11/h2-4,7-8,10,13H,5-6,9H2,1H3. The molecular formula is C12H16O2. The normalized spacial score (nSPS) is 32.0. The molecule has 2 unspecified atom stereocenters. The molecule has 1 aliphatic rings. The minimum atomic E-state index is -0.457. The van der Waals surface area contributed by atoms with Gasteiger partial charge in [0.1, 0.15) is 5.60 Å². The van der Waals surface area contributed by atoms with Crippen molar-refractivity contribution in [1.29, 1.82) is 0 Å². The lowest BCUT2D eigenvalue weighted by molar-refractivity contribution is -0.338. The Hall–Kier alpha value is -0.860. The Kier molecular flexibility index (Phi) is 2.57. The van der Waals surface area contributed by atoms with Gasteiger partial charge in [-0.15, -0.1) is 0 Å². The van der Waals surface area contributed by atoms with Crippen LogP contribution in [0.15, 0.2) is 30.3 Å². The lowest BCUT2D eigenvalue weighted by atomic mass is 9.85. The fourth-order valence-corrected chi connectivity index (χ4v) is 2.49. The summed E-state index contributed by atoms with van der Waals surface area (Å²) in [4.78, 5) is 4.80. The van der Waals surface area contributed by atoms with Crippen LogP contribution >= 0.6 is 0 Å². The third-order valence-electron chi connectivity index (χ3n) is 3.41. The first-order chi connectivity index (χ1) is 6.79. The van der Waals surface area contributed by atoms with Crippen molar-refractivity contribution in [3.8, 4) is 0 Å². The van der Waals surface area contributed by atoms with Crippen molar-refractivity contribution in [3.05, 3.63) is 35.9 Å². The molecule has 0 aromatic heterocycles. The maximum atomic E-state index is 9.14. The van der Waals surface area contributed by atoms with Crippen LogP contribution in [0, 0.1) is 5.92 Å². The predicted octanol–water partition coefficient (Wildman–Crippen LogP) is 3.19. The van der Waals surface area contributed by atoms with Crippen LogP contribution in [-0.2, 0) is 10.5 Å². The Bertz CT molecular complexity index is 296. The summed E-state index contributed by atoms with van der Waals surface area (Å²) in [5.74, 6) is 0.384. The number of benzene rings is 1. The van der Waals surface area contributed by atoms with Gasteiger partial charge in [0.2, 0.25) is 0 Å². The molecule has 2 rings (SSSR count). The van der Waals surface area contributed by atoms with Crippen LogP contribution < -0.4 is 0 Å². The second kappa shape index (κ2) is 3.71. The van der Waals surface area contributed by atoms with Gasteiger partial charge in [-0.05, 0) is 30.7 Å². The maximum Gasteiger partial charge on any atom is 0.131 e. The van der Waals surface area contributed by atoms with Crippen molar-refractivity contribution in [2.45, 2.75) is 31.8 Å². The summed E-state index contributed by atoms with van der Waals surface area (Å²) in [6.07, 6.45) is 3.15. The van der Waals surface area contributed by atoms with Gasteiger partial charge in [-0.2, -0.15) is 0 Å². The van der Waals surface area contributed by atoms with Crippen molar-refractivity contribution in [1.82, 2.24) is 0 Å².